The van der Waals surface area contributed by atoms with Crippen LogP contribution in [0.25, 0.3) is 10.9 Å². The van der Waals surface area contributed by atoms with Crippen LogP contribution in [0.15, 0.2) is 30.3 Å². The first-order chi connectivity index (χ1) is 14.1. The number of nitrogens with one attached hydrogen (secondary N) is 2. The summed E-state index contributed by atoms with van der Waals surface area (Å²) in [6.45, 7) is 2.03. The Bertz CT molecular complexity index is 859. The van der Waals surface area contributed by atoms with Crippen LogP contribution in [0.2, 0.25) is 0 Å². The lowest BCUT2D eigenvalue weighted by molar-refractivity contribution is -0.135. The summed E-state index contributed by atoms with van der Waals surface area (Å²) < 4.78 is 0. The SMILES string of the molecule is O=C(CCC(=O)N1CCN(C(=O)c2cc3ccccc3[nH]2)CC1)NC1CCCC1. The van der Waals surface area contributed by atoms with Crippen molar-refractivity contribution in [1.29, 1.82) is 0 Å². The number of nitrogens with zero attached hydrogens (tertiary/aromatic N) is 2. The van der Waals surface area contributed by atoms with Gasteiger partial charge in [-0.2, -0.15) is 0 Å². The van der Waals surface area contributed by atoms with Crippen molar-refractivity contribution in [2.24, 2.45) is 0 Å². The highest BCUT2D eigenvalue weighted by atomic mass is 16.2. The first-order valence-corrected chi connectivity index (χ1v) is 10.5. The van der Waals surface area contributed by atoms with E-state index in [4.69, 9.17) is 0 Å². The molecule has 0 spiro atoms. The molecule has 1 saturated carbocycles. The molecule has 3 amide bonds. The molecule has 154 valence electrons. The highest BCUT2D eigenvalue weighted by molar-refractivity contribution is 5.98. The smallest absolute Gasteiger partial charge is 0.270 e. The first-order valence-electron chi connectivity index (χ1n) is 10.5. The number of carbonyl (C=O) groups is 3. The van der Waals surface area contributed by atoms with Crippen LogP contribution in [0.1, 0.15) is 49.0 Å². The molecule has 0 radical (unpaired) electrons. The van der Waals surface area contributed by atoms with Gasteiger partial charge in [-0.3, -0.25) is 14.4 Å². The van der Waals surface area contributed by atoms with Crippen molar-refractivity contribution in [3.63, 3.8) is 0 Å². The van der Waals surface area contributed by atoms with Crippen molar-refractivity contribution >= 4 is 28.6 Å². The van der Waals surface area contributed by atoms with Crippen molar-refractivity contribution in [3.05, 3.63) is 36.0 Å². The van der Waals surface area contributed by atoms with Crippen LogP contribution >= 0.6 is 0 Å². The van der Waals surface area contributed by atoms with E-state index in [9.17, 15) is 14.4 Å². The fourth-order valence-electron chi connectivity index (χ4n) is 4.27. The number of para-hydroxylation sites is 1. The Labute approximate surface area is 170 Å². The second-order valence-electron chi connectivity index (χ2n) is 7.99. The van der Waals surface area contributed by atoms with Gasteiger partial charge >= 0.3 is 0 Å². The number of hydrogen-bond acceptors (Lipinski definition) is 3. The van der Waals surface area contributed by atoms with Crippen LogP contribution in [0.5, 0.6) is 0 Å². The second-order valence-corrected chi connectivity index (χ2v) is 7.99. The fraction of sp³-hybridized carbons (Fsp3) is 0.500. The molecule has 1 aliphatic heterocycles. The van der Waals surface area contributed by atoms with E-state index in [1.807, 2.05) is 30.3 Å². The van der Waals surface area contributed by atoms with Gasteiger partial charge in [0.1, 0.15) is 5.69 Å². The van der Waals surface area contributed by atoms with Gasteiger partial charge in [-0.15, -0.1) is 0 Å². The van der Waals surface area contributed by atoms with Gasteiger partial charge < -0.3 is 20.1 Å². The van der Waals surface area contributed by atoms with Crippen molar-refractivity contribution in [1.82, 2.24) is 20.1 Å². The Morgan fingerprint density at radius 1 is 0.966 bits per heavy atom. The molecule has 2 aliphatic rings. The standard InChI is InChI=1S/C22H28N4O3/c27-20(23-17-6-2-3-7-17)9-10-21(28)25-11-13-26(14-12-25)22(29)19-15-16-5-1-4-8-18(16)24-19/h1,4-5,8,15,17,24H,2-3,6-7,9-14H2,(H,23,27). The number of H-pyrrole nitrogens is 1. The third-order valence-corrected chi connectivity index (χ3v) is 5.97. The number of rotatable bonds is 5. The van der Waals surface area contributed by atoms with Crippen LogP contribution in [-0.4, -0.2) is 64.7 Å². The Balaban J connectivity index is 1.23. The number of fused-ring (bicyclic) bond motifs is 1. The molecule has 1 saturated heterocycles. The van der Waals surface area contributed by atoms with E-state index in [1.165, 1.54) is 12.8 Å². The highest BCUT2D eigenvalue weighted by Gasteiger charge is 2.26. The van der Waals surface area contributed by atoms with E-state index in [0.29, 0.717) is 31.9 Å². The maximum atomic E-state index is 12.8. The van der Waals surface area contributed by atoms with Gasteiger partial charge in [0.2, 0.25) is 11.8 Å². The van der Waals surface area contributed by atoms with Crippen molar-refractivity contribution in [3.8, 4) is 0 Å². The van der Waals surface area contributed by atoms with E-state index >= 15 is 0 Å². The zero-order valence-corrected chi connectivity index (χ0v) is 16.7. The number of hydrogen-bond donors (Lipinski definition) is 2. The summed E-state index contributed by atoms with van der Waals surface area (Å²) in [6, 6.07) is 9.97. The average molecular weight is 396 g/mol. The summed E-state index contributed by atoms with van der Waals surface area (Å²) in [6.07, 6.45) is 4.91. The Hall–Kier alpha value is -2.83. The Morgan fingerprint density at radius 3 is 2.38 bits per heavy atom. The van der Waals surface area contributed by atoms with E-state index in [-0.39, 0.29) is 36.6 Å². The predicted octanol–water partition coefficient (Wildman–Crippen LogP) is 2.29. The molecule has 1 aromatic heterocycles. The van der Waals surface area contributed by atoms with Gasteiger partial charge in [0, 0.05) is 56.0 Å². The maximum absolute atomic E-state index is 12.8. The summed E-state index contributed by atoms with van der Waals surface area (Å²) in [5.74, 6) is -0.0774. The largest absolute Gasteiger partial charge is 0.353 e. The maximum Gasteiger partial charge on any atom is 0.270 e. The van der Waals surface area contributed by atoms with Gasteiger partial charge in [0.25, 0.3) is 5.91 Å². The quantitative estimate of drug-likeness (QED) is 0.813. The molecule has 29 heavy (non-hydrogen) atoms. The minimum atomic E-state index is -0.0377. The van der Waals surface area contributed by atoms with Gasteiger partial charge in [0.05, 0.1) is 0 Å². The molecule has 4 rings (SSSR count). The molecule has 0 unspecified atom stereocenters. The van der Waals surface area contributed by atoms with E-state index in [2.05, 4.69) is 10.3 Å². The normalized spacial score (nSPS) is 17.7. The summed E-state index contributed by atoms with van der Waals surface area (Å²) in [7, 11) is 0. The fourth-order valence-corrected chi connectivity index (χ4v) is 4.27. The summed E-state index contributed by atoms with van der Waals surface area (Å²) in [5, 5.41) is 4.04. The number of piperazine rings is 1. The van der Waals surface area contributed by atoms with E-state index < -0.39 is 0 Å². The van der Waals surface area contributed by atoms with Crippen molar-refractivity contribution in [2.75, 3.05) is 26.2 Å². The van der Waals surface area contributed by atoms with Gasteiger partial charge in [0.15, 0.2) is 0 Å². The van der Waals surface area contributed by atoms with Gasteiger partial charge in [-0.1, -0.05) is 31.0 Å². The summed E-state index contributed by atoms with van der Waals surface area (Å²) >= 11 is 0. The number of amides is 3. The highest BCUT2D eigenvalue weighted by Crippen LogP contribution is 2.18. The summed E-state index contributed by atoms with van der Waals surface area (Å²) in [4.78, 5) is 43.9. The number of aromatic nitrogens is 1. The molecule has 2 fully saturated rings. The molecule has 0 atom stereocenters. The molecule has 2 N–H and O–H groups in total. The van der Waals surface area contributed by atoms with Crippen LogP contribution in [-0.2, 0) is 9.59 Å². The molecule has 2 aromatic rings. The third kappa shape index (κ3) is 4.60. The minimum Gasteiger partial charge on any atom is -0.353 e. The molecule has 0 bridgehead atoms. The molecule has 1 aromatic carbocycles. The molecular weight excluding hydrogens is 368 g/mol. The lowest BCUT2D eigenvalue weighted by Gasteiger charge is -2.34. The van der Waals surface area contributed by atoms with Crippen LogP contribution in [0.4, 0.5) is 0 Å². The Kier molecular flexibility index (Phi) is 5.83. The molecule has 7 nitrogen and oxygen atoms in total. The van der Waals surface area contributed by atoms with Crippen molar-refractivity contribution < 1.29 is 14.4 Å². The zero-order chi connectivity index (χ0) is 20.2. The molecule has 2 heterocycles. The van der Waals surface area contributed by atoms with Crippen LogP contribution in [0.3, 0.4) is 0 Å². The van der Waals surface area contributed by atoms with Gasteiger partial charge in [-0.05, 0) is 25.0 Å². The minimum absolute atomic E-state index is 0.00992. The number of benzene rings is 1. The summed E-state index contributed by atoms with van der Waals surface area (Å²) in [5.41, 5.74) is 1.52. The topological polar surface area (TPSA) is 85.5 Å². The Morgan fingerprint density at radius 2 is 1.66 bits per heavy atom. The zero-order valence-electron chi connectivity index (χ0n) is 16.7. The predicted molar refractivity (Wildman–Crippen MR) is 110 cm³/mol. The van der Waals surface area contributed by atoms with Crippen molar-refractivity contribution in [2.45, 2.75) is 44.6 Å². The molecule has 1 aliphatic carbocycles. The molecular formula is C22H28N4O3. The van der Waals surface area contributed by atoms with E-state index in [0.717, 1.165) is 23.7 Å². The second kappa shape index (κ2) is 8.68. The third-order valence-electron chi connectivity index (χ3n) is 5.97. The first kappa shape index (κ1) is 19.5. The average Bonchev–Trinajstić information content (AvgIpc) is 3.41. The lowest BCUT2D eigenvalue weighted by Crippen LogP contribution is -2.50. The lowest BCUT2D eigenvalue weighted by atomic mass is 10.2. The molecule has 7 heteroatoms. The van der Waals surface area contributed by atoms with Gasteiger partial charge in [-0.25, -0.2) is 0 Å². The number of aromatic amines is 1. The van der Waals surface area contributed by atoms with Crippen LogP contribution in [0, 0.1) is 0 Å². The van der Waals surface area contributed by atoms with Crippen LogP contribution < -0.4 is 5.32 Å². The number of carbonyl (C=O) groups excluding carboxylic acids is 3. The monoisotopic (exact) mass is 396 g/mol. The van der Waals surface area contributed by atoms with E-state index in [1.54, 1.807) is 9.80 Å².